The Kier molecular flexibility index (Phi) is 6.55. The molecule has 2 aliphatic heterocycles. The second-order valence-corrected chi connectivity index (χ2v) is 17.4. The molecule has 4 heteroatoms. The van der Waals surface area contributed by atoms with Crippen LogP contribution in [-0.4, -0.2) is 16.2 Å². The maximum absolute atomic E-state index is 2.56. The van der Waals surface area contributed by atoms with Crippen LogP contribution in [0.15, 0.2) is 182 Å². The normalized spacial score (nSPS) is 12.7. The molecule has 0 aliphatic carbocycles. The van der Waals surface area contributed by atoms with Crippen molar-refractivity contribution in [3.63, 3.8) is 0 Å². The van der Waals surface area contributed by atoms with Crippen LogP contribution in [0.5, 0.6) is 0 Å². The van der Waals surface area contributed by atoms with Crippen LogP contribution in [0.2, 0.25) is 0 Å². The van der Waals surface area contributed by atoms with Gasteiger partial charge in [-0.2, -0.15) is 0 Å². The average Bonchev–Trinajstić information content (AvgIpc) is 3.13. The topological polar surface area (TPSA) is 9.72 Å². The minimum atomic E-state index is -2.56. The first kappa shape index (κ1) is 26.9. The van der Waals surface area contributed by atoms with Crippen molar-refractivity contribution < 1.29 is 0 Å². The molecule has 0 N–H and O–H groups in total. The van der Waals surface area contributed by atoms with Gasteiger partial charge < -0.3 is 0 Å². The second kappa shape index (κ2) is 11.2. The molecule has 0 spiro atoms. The number of hydrogen-bond acceptors (Lipinski definition) is 3. The zero-order valence-corrected chi connectivity index (χ0v) is 27.7. The SMILES string of the molecule is c1ccc(N(c2ccccc2)c2cc3[c]4c(c2)N(c2ccccc2)c2cccc[c]2[Ga]4[c]2ccccc2N3c2ccccc2)cc1. The third kappa shape index (κ3) is 4.30. The number of hydrogen-bond donors (Lipinski definition) is 0. The van der Waals surface area contributed by atoms with E-state index in [1.807, 2.05) is 0 Å². The molecule has 2 aliphatic rings. The average molecular weight is 646 g/mol. The molecule has 7 aromatic rings. The molecule has 0 saturated heterocycles. The molecular formula is C42H30GaN3. The first-order valence-electron chi connectivity index (χ1n) is 15.8. The third-order valence-electron chi connectivity index (χ3n) is 9.18. The summed E-state index contributed by atoms with van der Waals surface area (Å²) in [6, 6.07) is 66.4. The molecule has 46 heavy (non-hydrogen) atoms. The van der Waals surface area contributed by atoms with Crippen molar-refractivity contribution in [1.82, 2.24) is 0 Å². The van der Waals surface area contributed by atoms with Crippen LogP contribution in [0.1, 0.15) is 0 Å². The number of para-hydroxylation sites is 6. The number of nitrogens with zero attached hydrogens (tertiary/aromatic N) is 3. The molecule has 0 saturated carbocycles. The quantitative estimate of drug-likeness (QED) is 0.173. The van der Waals surface area contributed by atoms with E-state index in [9.17, 15) is 0 Å². The molecule has 7 aromatic carbocycles. The molecule has 0 aromatic heterocycles. The van der Waals surface area contributed by atoms with Crippen LogP contribution in [-0.2, 0) is 0 Å². The Labute approximate surface area is 275 Å². The monoisotopic (exact) mass is 645 g/mol. The van der Waals surface area contributed by atoms with E-state index in [1.165, 1.54) is 46.5 Å². The van der Waals surface area contributed by atoms with Crippen molar-refractivity contribution in [2.75, 3.05) is 14.7 Å². The predicted octanol–water partition coefficient (Wildman–Crippen LogP) is 9.24. The summed E-state index contributed by atoms with van der Waals surface area (Å²) in [4.78, 5) is 7.40. The van der Waals surface area contributed by atoms with Crippen LogP contribution in [0.4, 0.5) is 51.2 Å². The Morgan fingerprint density at radius 2 is 0.717 bits per heavy atom. The summed E-state index contributed by atoms with van der Waals surface area (Å²) in [7, 11) is 0. The molecule has 0 fully saturated rings. The first-order chi connectivity index (χ1) is 22.9. The van der Waals surface area contributed by atoms with Gasteiger partial charge in [0.25, 0.3) is 0 Å². The van der Waals surface area contributed by atoms with E-state index in [0.29, 0.717) is 0 Å². The number of fused-ring (bicyclic) bond motifs is 4. The molecule has 0 unspecified atom stereocenters. The Bertz CT molecular complexity index is 2020. The number of rotatable bonds is 5. The van der Waals surface area contributed by atoms with Gasteiger partial charge in [0.2, 0.25) is 0 Å². The van der Waals surface area contributed by atoms with Gasteiger partial charge in [0, 0.05) is 0 Å². The zero-order valence-electron chi connectivity index (χ0n) is 25.2. The Balaban J connectivity index is 1.41. The Morgan fingerprint density at radius 1 is 0.348 bits per heavy atom. The molecule has 0 radical (unpaired) electrons. The Morgan fingerprint density at radius 3 is 1.15 bits per heavy atom. The van der Waals surface area contributed by atoms with E-state index in [2.05, 4.69) is 197 Å². The van der Waals surface area contributed by atoms with Gasteiger partial charge >= 0.3 is 276 Å². The van der Waals surface area contributed by atoms with E-state index in [-0.39, 0.29) is 0 Å². The van der Waals surface area contributed by atoms with Crippen LogP contribution >= 0.6 is 0 Å². The summed E-state index contributed by atoms with van der Waals surface area (Å²) in [5.74, 6) is 0. The zero-order chi connectivity index (χ0) is 30.5. The number of anilines is 9. The van der Waals surface area contributed by atoms with Gasteiger partial charge in [0.1, 0.15) is 0 Å². The summed E-state index contributed by atoms with van der Waals surface area (Å²) < 4.78 is 4.51. The van der Waals surface area contributed by atoms with Gasteiger partial charge in [-0.1, -0.05) is 0 Å². The van der Waals surface area contributed by atoms with Crippen LogP contribution in [0.3, 0.4) is 0 Å². The molecule has 0 amide bonds. The van der Waals surface area contributed by atoms with Crippen LogP contribution in [0, 0.1) is 0 Å². The minimum absolute atomic E-state index is 1.13. The van der Waals surface area contributed by atoms with E-state index in [0.717, 1.165) is 17.1 Å². The molecular weight excluding hydrogens is 616 g/mol. The summed E-state index contributed by atoms with van der Waals surface area (Å²) in [5, 5.41) is 0. The number of benzene rings is 7. The summed E-state index contributed by atoms with van der Waals surface area (Å²) in [6.07, 6.45) is 0. The standard InChI is InChI=1S/C42H30N3.Ga/c1-7-19-34(20-8-1)43(35-21-9-2-10-22-35)40-31-41(44(36-23-11-3-12-24-36)37-25-13-4-14-26-37)33-42(32-40)45(38-27-15-5-16-28-38)39-29-17-6-18-30-39;/h1-25,27-29,31-32H;. The van der Waals surface area contributed by atoms with Gasteiger partial charge in [-0.15, -0.1) is 0 Å². The molecule has 216 valence electrons. The van der Waals surface area contributed by atoms with Gasteiger partial charge in [-0.25, -0.2) is 0 Å². The molecule has 9 rings (SSSR count). The van der Waals surface area contributed by atoms with Crippen LogP contribution < -0.4 is 27.1 Å². The van der Waals surface area contributed by atoms with Gasteiger partial charge in [0.15, 0.2) is 0 Å². The first-order valence-corrected chi connectivity index (χ1v) is 19.5. The van der Waals surface area contributed by atoms with Crippen molar-refractivity contribution >= 4 is 79.8 Å². The fraction of sp³-hybridized carbons (Fsp3) is 0. The third-order valence-corrected chi connectivity index (χ3v) is 16.3. The van der Waals surface area contributed by atoms with E-state index < -0.39 is 16.2 Å². The van der Waals surface area contributed by atoms with Gasteiger partial charge in [-0.05, 0) is 0 Å². The fourth-order valence-corrected chi connectivity index (χ4v) is 14.9. The second-order valence-electron chi connectivity index (χ2n) is 11.8. The molecule has 3 nitrogen and oxygen atoms in total. The van der Waals surface area contributed by atoms with Crippen molar-refractivity contribution in [3.8, 4) is 0 Å². The van der Waals surface area contributed by atoms with Crippen molar-refractivity contribution in [2.24, 2.45) is 0 Å². The summed E-state index contributed by atoms with van der Waals surface area (Å²) >= 11 is -2.56. The van der Waals surface area contributed by atoms with E-state index >= 15 is 0 Å². The summed E-state index contributed by atoms with van der Waals surface area (Å²) in [6.45, 7) is 0. The van der Waals surface area contributed by atoms with E-state index in [1.54, 1.807) is 0 Å². The van der Waals surface area contributed by atoms with Crippen molar-refractivity contribution in [1.29, 1.82) is 0 Å². The summed E-state index contributed by atoms with van der Waals surface area (Å²) in [5.41, 5.74) is 10.9. The van der Waals surface area contributed by atoms with Gasteiger partial charge in [0.05, 0.1) is 0 Å². The van der Waals surface area contributed by atoms with Crippen molar-refractivity contribution in [2.45, 2.75) is 0 Å². The van der Waals surface area contributed by atoms with Crippen molar-refractivity contribution in [3.05, 3.63) is 182 Å². The van der Waals surface area contributed by atoms with E-state index in [4.69, 9.17) is 0 Å². The predicted molar refractivity (Wildman–Crippen MR) is 195 cm³/mol. The molecule has 0 atom stereocenters. The van der Waals surface area contributed by atoms with Gasteiger partial charge in [-0.3, -0.25) is 0 Å². The molecule has 2 heterocycles. The maximum atomic E-state index is 2.50. The van der Waals surface area contributed by atoms with Crippen LogP contribution in [0.25, 0.3) is 0 Å². The molecule has 0 bridgehead atoms. The Hall–Kier alpha value is -5.42. The fourth-order valence-electron chi connectivity index (χ4n) is 7.32.